The Balaban J connectivity index is 2.21. The fourth-order valence-corrected chi connectivity index (χ4v) is 3.64. The number of hydrogen-bond donors (Lipinski definition) is 1. The second-order valence-corrected chi connectivity index (χ2v) is 6.82. The maximum absolute atomic E-state index is 6.08. The highest BCUT2D eigenvalue weighted by atomic mass is 79.9. The minimum Gasteiger partial charge on any atom is -0.496 e. The number of methoxy groups -OCH3 is 1. The molecule has 0 bridgehead atoms. The lowest BCUT2D eigenvalue weighted by molar-refractivity contribution is 0.0352. The van der Waals surface area contributed by atoms with Crippen LogP contribution >= 0.6 is 15.9 Å². The Labute approximate surface area is 136 Å². The van der Waals surface area contributed by atoms with Crippen LogP contribution < -0.4 is 10.5 Å². The number of nitrogens with zero attached hydrogens (tertiary/aromatic N) is 2. The molecule has 1 aliphatic heterocycles. The van der Waals surface area contributed by atoms with Crippen molar-refractivity contribution in [2.45, 2.75) is 32.0 Å². The molecule has 118 valence electrons. The molecule has 0 saturated carbocycles. The van der Waals surface area contributed by atoms with Gasteiger partial charge in [0.05, 0.1) is 11.6 Å². The van der Waals surface area contributed by atoms with Crippen LogP contribution in [0.25, 0.3) is 0 Å². The van der Waals surface area contributed by atoms with Gasteiger partial charge in [-0.2, -0.15) is 0 Å². The van der Waals surface area contributed by atoms with Crippen molar-refractivity contribution in [3.63, 3.8) is 0 Å². The lowest BCUT2D eigenvalue weighted by Crippen LogP contribution is -2.56. The summed E-state index contributed by atoms with van der Waals surface area (Å²) in [4.78, 5) is 4.94. The molecule has 1 aliphatic rings. The van der Waals surface area contributed by atoms with Gasteiger partial charge in [-0.3, -0.25) is 9.80 Å². The van der Waals surface area contributed by atoms with E-state index in [1.807, 2.05) is 6.07 Å². The maximum atomic E-state index is 6.08. The van der Waals surface area contributed by atoms with Crippen LogP contribution in [0.4, 0.5) is 0 Å². The Morgan fingerprint density at radius 2 is 1.95 bits per heavy atom. The topological polar surface area (TPSA) is 41.7 Å². The Morgan fingerprint density at radius 1 is 1.33 bits per heavy atom. The lowest BCUT2D eigenvalue weighted by atomic mass is 10.0. The molecule has 4 nitrogen and oxygen atoms in total. The second-order valence-electron chi connectivity index (χ2n) is 5.96. The molecule has 1 aromatic carbocycles. The Kier molecular flexibility index (Phi) is 5.66. The zero-order chi connectivity index (χ0) is 15.6. The van der Waals surface area contributed by atoms with Crippen LogP contribution in [0.5, 0.6) is 5.75 Å². The molecule has 3 unspecified atom stereocenters. The van der Waals surface area contributed by atoms with Gasteiger partial charge in [0.1, 0.15) is 5.75 Å². The van der Waals surface area contributed by atoms with Crippen LogP contribution in [-0.2, 0) is 0 Å². The third-order valence-corrected chi connectivity index (χ3v) is 5.23. The minimum absolute atomic E-state index is 0.255. The van der Waals surface area contributed by atoms with Crippen molar-refractivity contribution in [2.75, 3.05) is 33.8 Å². The number of ether oxygens (including phenoxy) is 1. The summed E-state index contributed by atoms with van der Waals surface area (Å²) in [6.07, 6.45) is 0. The van der Waals surface area contributed by atoms with Crippen LogP contribution in [0.3, 0.4) is 0 Å². The molecule has 0 aliphatic carbocycles. The van der Waals surface area contributed by atoms with Crippen LogP contribution in [-0.4, -0.2) is 55.7 Å². The molecule has 1 aromatic rings. The third kappa shape index (κ3) is 3.59. The van der Waals surface area contributed by atoms with Gasteiger partial charge in [-0.1, -0.05) is 6.07 Å². The summed E-state index contributed by atoms with van der Waals surface area (Å²) in [7, 11) is 3.89. The summed E-state index contributed by atoms with van der Waals surface area (Å²) in [5, 5.41) is 0. The van der Waals surface area contributed by atoms with E-state index in [1.54, 1.807) is 7.11 Å². The smallest absolute Gasteiger partial charge is 0.133 e. The molecule has 0 amide bonds. The van der Waals surface area contributed by atoms with Gasteiger partial charge in [0, 0.05) is 37.8 Å². The molecule has 0 aromatic heterocycles. The van der Waals surface area contributed by atoms with E-state index in [1.165, 1.54) is 5.56 Å². The van der Waals surface area contributed by atoms with Crippen molar-refractivity contribution in [3.05, 3.63) is 28.2 Å². The van der Waals surface area contributed by atoms with Gasteiger partial charge < -0.3 is 10.5 Å². The molecular formula is C16H26BrN3O. The Morgan fingerprint density at radius 3 is 2.43 bits per heavy atom. The van der Waals surface area contributed by atoms with E-state index in [2.05, 4.69) is 58.8 Å². The van der Waals surface area contributed by atoms with E-state index in [-0.39, 0.29) is 6.04 Å². The average Bonchev–Trinajstić information content (AvgIpc) is 2.45. The van der Waals surface area contributed by atoms with Gasteiger partial charge in [-0.05, 0) is 54.5 Å². The molecule has 2 rings (SSSR count). The number of halogens is 1. The Bertz CT molecular complexity index is 471. The number of likely N-dealkylation sites (N-methyl/N-ethyl adjacent to an activating group) is 1. The van der Waals surface area contributed by atoms with Crippen molar-refractivity contribution in [1.29, 1.82) is 0 Å². The van der Waals surface area contributed by atoms with E-state index >= 15 is 0 Å². The number of hydrogen-bond acceptors (Lipinski definition) is 4. The van der Waals surface area contributed by atoms with Crippen LogP contribution in [0.1, 0.15) is 25.5 Å². The average molecular weight is 356 g/mol. The maximum Gasteiger partial charge on any atom is 0.133 e. The van der Waals surface area contributed by atoms with Gasteiger partial charge in [0.15, 0.2) is 0 Å². The highest BCUT2D eigenvalue weighted by molar-refractivity contribution is 9.10. The number of nitrogens with two attached hydrogens (primary N) is 1. The van der Waals surface area contributed by atoms with Crippen molar-refractivity contribution < 1.29 is 4.74 Å². The molecule has 5 heteroatoms. The van der Waals surface area contributed by atoms with Crippen LogP contribution in [0.2, 0.25) is 0 Å². The highest BCUT2D eigenvalue weighted by Gasteiger charge is 2.31. The van der Waals surface area contributed by atoms with Crippen LogP contribution in [0, 0.1) is 0 Å². The minimum atomic E-state index is 0.255. The van der Waals surface area contributed by atoms with E-state index in [9.17, 15) is 0 Å². The predicted octanol–water partition coefficient (Wildman–Crippen LogP) is 2.48. The van der Waals surface area contributed by atoms with Crippen molar-refractivity contribution in [2.24, 2.45) is 5.73 Å². The quantitative estimate of drug-likeness (QED) is 0.900. The zero-order valence-corrected chi connectivity index (χ0v) is 14.9. The van der Waals surface area contributed by atoms with E-state index in [4.69, 9.17) is 10.5 Å². The molecule has 1 fully saturated rings. The van der Waals surface area contributed by atoms with Crippen molar-refractivity contribution in [3.8, 4) is 5.75 Å². The van der Waals surface area contributed by atoms with Gasteiger partial charge in [-0.15, -0.1) is 0 Å². The number of benzene rings is 1. The first kappa shape index (κ1) is 16.7. The monoisotopic (exact) mass is 355 g/mol. The molecule has 1 saturated heterocycles. The van der Waals surface area contributed by atoms with Crippen molar-refractivity contribution in [1.82, 2.24) is 9.80 Å². The highest BCUT2D eigenvalue weighted by Crippen LogP contribution is 2.31. The predicted molar refractivity (Wildman–Crippen MR) is 90.7 cm³/mol. The second kappa shape index (κ2) is 7.09. The summed E-state index contributed by atoms with van der Waals surface area (Å²) < 4.78 is 6.29. The molecule has 2 N–H and O–H groups in total. The normalized spacial score (nSPS) is 25.8. The first-order valence-corrected chi connectivity index (χ1v) is 8.26. The van der Waals surface area contributed by atoms with E-state index in [0.29, 0.717) is 18.6 Å². The van der Waals surface area contributed by atoms with Gasteiger partial charge in [0.2, 0.25) is 0 Å². The number of piperazine rings is 1. The number of rotatable bonds is 4. The zero-order valence-electron chi connectivity index (χ0n) is 13.3. The van der Waals surface area contributed by atoms with Gasteiger partial charge in [0.25, 0.3) is 0 Å². The first-order chi connectivity index (χ1) is 9.97. The summed E-state index contributed by atoms with van der Waals surface area (Å²) in [5.41, 5.74) is 7.32. The van der Waals surface area contributed by atoms with Crippen LogP contribution in [0.15, 0.2) is 22.7 Å². The largest absolute Gasteiger partial charge is 0.496 e. The first-order valence-electron chi connectivity index (χ1n) is 7.47. The Hall–Kier alpha value is -0.620. The van der Waals surface area contributed by atoms with E-state index in [0.717, 1.165) is 23.3 Å². The summed E-state index contributed by atoms with van der Waals surface area (Å²) in [6, 6.07) is 7.60. The SMILES string of the molecule is COc1ccc(C(CN)N2CC(C)N(C)C(C)C2)cc1Br. The molecule has 21 heavy (non-hydrogen) atoms. The third-order valence-electron chi connectivity index (χ3n) is 4.61. The molecular weight excluding hydrogens is 330 g/mol. The molecule has 3 atom stereocenters. The molecule has 0 radical (unpaired) electrons. The molecule has 0 spiro atoms. The van der Waals surface area contributed by atoms with E-state index < -0.39 is 0 Å². The summed E-state index contributed by atoms with van der Waals surface area (Å²) >= 11 is 3.57. The summed E-state index contributed by atoms with van der Waals surface area (Å²) in [6.45, 7) is 7.28. The molecule has 1 heterocycles. The standard InChI is InChI=1S/C16H26BrN3O/c1-11-9-20(10-12(2)19(11)3)15(8-18)13-5-6-16(21-4)14(17)7-13/h5-7,11-12,15H,8-10,18H2,1-4H3. The summed E-state index contributed by atoms with van der Waals surface area (Å²) in [5.74, 6) is 0.856. The van der Waals surface area contributed by atoms with Gasteiger partial charge >= 0.3 is 0 Å². The van der Waals surface area contributed by atoms with Crippen molar-refractivity contribution >= 4 is 15.9 Å². The van der Waals surface area contributed by atoms with Gasteiger partial charge in [-0.25, -0.2) is 0 Å². The fourth-order valence-electron chi connectivity index (χ4n) is 3.09. The fraction of sp³-hybridized carbons (Fsp3) is 0.625. The lowest BCUT2D eigenvalue weighted by Gasteiger charge is -2.45.